The summed E-state index contributed by atoms with van der Waals surface area (Å²) in [5, 5.41) is 8.69. The van der Waals surface area contributed by atoms with E-state index in [1.807, 2.05) is 6.07 Å². The minimum Gasteiger partial charge on any atom is -0.465 e. The second-order valence-electron chi connectivity index (χ2n) is 4.26. The van der Waals surface area contributed by atoms with Gasteiger partial charge in [0.2, 0.25) is 0 Å². The predicted molar refractivity (Wildman–Crippen MR) is 50.6 cm³/mol. The number of nitriles is 1. The first-order valence-electron chi connectivity index (χ1n) is 5.29. The Balaban J connectivity index is 2.32. The van der Waals surface area contributed by atoms with Crippen molar-refractivity contribution in [1.82, 2.24) is 0 Å². The van der Waals surface area contributed by atoms with Crippen LogP contribution in [0.4, 0.5) is 0 Å². The van der Waals surface area contributed by atoms with Gasteiger partial charge in [0.15, 0.2) is 5.78 Å². The fraction of sp³-hybridized carbons (Fsp3) is 0.727. The van der Waals surface area contributed by atoms with Crippen molar-refractivity contribution in [3.05, 3.63) is 0 Å². The molecule has 1 unspecified atom stereocenters. The van der Waals surface area contributed by atoms with E-state index in [4.69, 9.17) is 10.00 Å². The van der Waals surface area contributed by atoms with Gasteiger partial charge < -0.3 is 4.74 Å². The Morgan fingerprint density at radius 2 is 2.27 bits per heavy atom. The molecule has 0 aromatic rings. The lowest BCUT2D eigenvalue weighted by atomic mass is 9.65. The van der Waals surface area contributed by atoms with E-state index < -0.39 is 11.4 Å². The molecule has 0 aromatic carbocycles. The van der Waals surface area contributed by atoms with Crippen molar-refractivity contribution in [1.29, 1.82) is 5.26 Å². The number of ketones is 1. The number of nitrogens with zero attached hydrogens (tertiary/aromatic N) is 1. The Kier molecular flexibility index (Phi) is 2.47. The van der Waals surface area contributed by atoms with Gasteiger partial charge in [0.25, 0.3) is 0 Å². The van der Waals surface area contributed by atoms with Crippen molar-refractivity contribution in [2.75, 3.05) is 6.61 Å². The molecular formula is C11H13NO3. The van der Waals surface area contributed by atoms with Crippen LogP contribution in [0, 0.1) is 22.7 Å². The normalized spacial score (nSPS) is 35.3. The van der Waals surface area contributed by atoms with E-state index in [1.165, 1.54) is 0 Å². The molecule has 2 rings (SSSR count). The highest BCUT2D eigenvalue weighted by Crippen LogP contribution is 2.46. The molecule has 4 nitrogen and oxygen atoms in total. The predicted octanol–water partition coefficient (Wildman–Crippen LogP) is 1.20. The molecule has 0 aromatic heterocycles. The summed E-state index contributed by atoms with van der Waals surface area (Å²) in [4.78, 5) is 23.6. The molecule has 1 aliphatic carbocycles. The van der Waals surface area contributed by atoms with Gasteiger partial charge in [-0.2, -0.15) is 5.26 Å². The van der Waals surface area contributed by atoms with Crippen LogP contribution < -0.4 is 0 Å². The van der Waals surface area contributed by atoms with Crippen LogP contribution in [0.25, 0.3) is 0 Å². The molecule has 1 heterocycles. The van der Waals surface area contributed by atoms with Crippen molar-refractivity contribution in [2.24, 2.45) is 11.3 Å². The Hall–Kier alpha value is -1.37. The standard InChI is InChI=1S/C11H13NO3/c12-6-4-8-7-15-10(14)11(8)5-2-1-3-9(11)13/h8H,1-5,7H2/t8?,11-/m0/s1. The summed E-state index contributed by atoms with van der Waals surface area (Å²) in [6.45, 7) is 0.234. The van der Waals surface area contributed by atoms with Crippen LogP contribution >= 0.6 is 0 Å². The molecule has 1 saturated heterocycles. The molecule has 0 bridgehead atoms. The smallest absolute Gasteiger partial charge is 0.320 e. The fourth-order valence-corrected chi connectivity index (χ4v) is 2.66. The maximum Gasteiger partial charge on any atom is 0.320 e. The SMILES string of the molecule is N#CCC1COC(=O)[C@@]12CCCCC2=O. The quantitative estimate of drug-likeness (QED) is 0.478. The largest absolute Gasteiger partial charge is 0.465 e. The van der Waals surface area contributed by atoms with Crippen LogP contribution in [0.1, 0.15) is 32.1 Å². The second kappa shape index (κ2) is 3.65. The van der Waals surface area contributed by atoms with Crippen LogP contribution in [-0.2, 0) is 14.3 Å². The van der Waals surface area contributed by atoms with Gasteiger partial charge in [-0.05, 0) is 12.8 Å². The Bertz CT molecular complexity index is 344. The zero-order valence-corrected chi connectivity index (χ0v) is 8.49. The number of esters is 1. The van der Waals surface area contributed by atoms with Gasteiger partial charge in [-0.15, -0.1) is 0 Å². The maximum atomic E-state index is 11.9. The third-order valence-electron chi connectivity index (χ3n) is 3.54. The van der Waals surface area contributed by atoms with E-state index in [1.54, 1.807) is 0 Å². The summed E-state index contributed by atoms with van der Waals surface area (Å²) in [7, 11) is 0. The molecule has 1 aliphatic heterocycles. The second-order valence-corrected chi connectivity index (χ2v) is 4.26. The third-order valence-corrected chi connectivity index (χ3v) is 3.54. The Morgan fingerprint density at radius 1 is 1.47 bits per heavy atom. The molecule has 15 heavy (non-hydrogen) atoms. The van der Waals surface area contributed by atoms with Crippen LogP contribution in [0.3, 0.4) is 0 Å². The summed E-state index contributed by atoms with van der Waals surface area (Å²) in [6, 6.07) is 2.04. The number of hydrogen-bond acceptors (Lipinski definition) is 4. The first-order valence-corrected chi connectivity index (χ1v) is 5.29. The molecule has 2 atom stereocenters. The average Bonchev–Trinajstić information content (AvgIpc) is 2.53. The minimum atomic E-state index is -0.964. The van der Waals surface area contributed by atoms with Crippen molar-refractivity contribution in [2.45, 2.75) is 32.1 Å². The first kappa shape index (κ1) is 10.2. The summed E-state index contributed by atoms with van der Waals surface area (Å²) in [5.41, 5.74) is -0.964. The molecule has 2 fully saturated rings. The monoisotopic (exact) mass is 207 g/mol. The molecule has 2 aliphatic rings. The topological polar surface area (TPSA) is 67.2 Å². The van der Waals surface area contributed by atoms with Gasteiger partial charge in [-0.1, -0.05) is 6.42 Å². The van der Waals surface area contributed by atoms with E-state index in [-0.39, 0.29) is 24.7 Å². The van der Waals surface area contributed by atoms with Gasteiger partial charge in [0.05, 0.1) is 12.7 Å². The lowest BCUT2D eigenvalue weighted by Crippen LogP contribution is -2.43. The number of Topliss-reactive ketones (excluding diaryl/α,β-unsaturated/α-hetero) is 1. The molecule has 0 amide bonds. The number of rotatable bonds is 1. The van der Waals surface area contributed by atoms with Crippen LogP contribution in [-0.4, -0.2) is 18.4 Å². The van der Waals surface area contributed by atoms with E-state index in [2.05, 4.69) is 0 Å². The number of cyclic esters (lactones) is 1. The summed E-state index contributed by atoms with van der Waals surface area (Å²) in [6.07, 6.45) is 2.99. The highest BCUT2D eigenvalue weighted by molar-refractivity contribution is 6.05. The minimum absolute atomic E-state index is 0.0171. The van der Waals surface area contributed by atoms with E-state index in [0.29, 0.717) is 12.8 Å². The lowest BCUT2D eigenvalue weighted by molar-refractivity contribution is -0.154. The molecule has 1 saturated carbocycles. The number of carbonyl (C=O) groups is 2. The van der Waals surface area contributed by atoms with Gasteiger partial charge in [-0.25, -0.2) is 0 Å². The van der Waals surface area contributed by atoms with E-state index in [0.717, 1.165) is 12.8 Å². The summed E-state index contributed by atoms with van der Waals surface area (Å²) in [5.74, 6) is -0.633. The van der Waals surface area contributed by atoms with Gasteiger partial charge in [-0.3, -0.25) is 9.59 Å². The number of carbonyl (C=O) groups excluding carboxylic acids is 2. The molecule has 1 spiro atoms. The third kappa shape index (κ3) is 1.34. The van der Waals surface area contributed by atoms with Gasteiger partial charge in [0, 0.05) is 18.8 Å². The molecular weight excluding hydrogens is 194 g/mol. The molecule has 0 radical (unpaired) electrons. The van der Waals surface area contributed by atoms with Crippen LogP contribution in [0.2, 0.25) is 0 Å². The van der Waals surface area contributed by atoms with Crippen molar-refractivity contribution >= 4 is 11.8 Å². The van der Waals surface area contributed by atoms with Crippen molar-refractivity contribution in [3.8, 4) is 6.07 Å². The number of hydrogen-bond donors (Lipinski definition) is 0. The number of ether oxygens (including phenoxy) is 1. The zero-order chi connectivity index (χ0) is 10.9. The van der Waals surface area contributed by atoms with E-state index in [9.17, 15) is 9.59 Å². The summed E-state index contributed by atoms with van der Waals surface area (Å²) >= 11 is 0. The van der Waals surface area contributed by atoms with Crippen molar-refractivity contribution < 1.29 is 14.3 Å². The molecule has 4 heteroatoms. The maximum absolute atomic E-state index is 11.9. The highest BCUT2D eigenvalue weighted by Gasteiger charge is 2.57. The lowest BCUT2D eigenvalue weighted by Gasteiger charge is -2.31. The Morgan fingerprint density at radius 3 is 2.93 bits per heavy atom. The average molecular weight is 207 g/mol. The van der Waals surface area contributed by atoms with Crippen LogP contribution in [0.15, 0.2) is 0 Å². The first-order chi connectivity index (χ1) is 7.21. The molecule has 0 N–H and O–H groups in total. The molecule has 80 valence electrons. The van der Waals surface area contributed by atoms with Gasteiger partial charge in [0.1, 0.15) is 5.41 Å². The fourth-order valence-electron chi connectivity index (χ4n) is 2.66. The highest BCUT2D eigenvalue weighted by atomic mass is 16.5. The zero-order valence-electron chi connectivity index (χ0n) is 8.49. The van der Waals surface area contributed by atoms with E-state index >= 15 is 0 Å². The van der Waals surface area contributed by atoms with Crippen LogP contribution in [0.5, 0.6) is 0 Å². The van der Waals surface area contributed by atoms with Crippen molar-refractivity contribution in [3.63, 3.8) is 0 Å². The summed E-state index contributed by atoms with van der Waals surface area (Å²) < 4.78 is 4.97. The van der Waals surface area contributed by atoms with Gasteiger partial charge >= 0.3 is 5.97 Å². The Labute approximate surface area is 88.2 Å².